The highest BCUT2D eigenvalue weighted by Gasteiger charge is 2.40. The first kappa shape index (κ1) is 24.0. The number of nitrogens with zero attached hydrogens (tertiary/aromatic N) is 5. The maximum absolute atomic E-state index is 14.0. The number of rotatable bonds is 7. The lowest BCUT2D eigenvalue weighted by atomic mass is 10.2. The zero-order valence-electron chi connectivity index (χ0n) is 19.1. The Balaban J connectivity index is 1.15. The summed E-state index contributed by atoms with van der Waals surface area (Å²) in [4.78, 5) is 17.3. The van der Waals surface area contributed by atoms with Gasteiger partial charge in [0.1, 0.15) is 27.8 Å². The van der Waals surface area contributed by atoms with Crippen molar-refractivity contribution in [1.29, 1.82) is 0 Å². The van der Waals surface area contributed by atoms with Crippen molar-refractivity contribution in [1.82, 2.24) is 23.3 Å². The molecule has 5 rings (SSSR count). The summed E-state index contributed by atoms with van der Waals surface area (Å²) in [5, 5.41) is 2.92. The molecule has 2 saturated heterocycles. The number of benzene rings is 2. The third kappa shape index (κ3) is 4.88. The number of nitrogens with one attached hydrogen (secondary N) is 1. The molecular formula is C23H27FN6O3S2. The van der Waals surface area contributed by atoms with Crippen molar-refractivity contribution in [3.8, 4) is 0 Å². The molecule has 0 spiro atoms. The predicted octanol–water partition coefficient (Wildman–Crippen LogP) is 1.92. The second-order valence-corrected chi connectivity index (χ2v) is 11.1. The Labute approximate surface area is 207 Å². The topological polar surface area (TPSA) is 98.7 Å². The molecule has 2 aromatic carbocycles. The highest BCUT2D eigenvalue weighted by atomic mass is 32.2. The van der Waals surface area contributed by atoms with Crippen LogP contribution < -0.4 is 10.2 Å². The van der Waals surface area contributed by atoms with Crippen LogP contribution in [0.25, 0.3) is 11.0 Å². The van der Waals surface area contributed by atoms with E-state index in [-0.39, 0.29) is 16.6 Å². The molecule has 2 aliphatic heterocycles. The highest BCUT2D eigenvalue weighted by molar-refractivity contribution is 7.89. The van der Waals surface area contributed by atoms with Gasteiger partial charge in [0, 0.05) is 45.8 Å². The number of halogens is 1. The van der Waals surface area contributed by atoms with Gasteiger partial charge in [-0.2, -0.15) is 13.1 Å². The molecule has 0 unspecified atom stereocenters. The molecule has 0 saturated carbocycles. The molecule has 2 fully saturated rings. The van der Waals surface area contributed by atoms with Gasteiger partial charge in [-0.25, -0.2) is 12.8 Å². The van der Waals surface area contributed by atoms with Crippen molar-refractivity contribution in [2.45, 2.75) is 23.8 Å². The van der Waals surface area contributed by atoms with Crippen molar-refractivity contribution < 1.29 is 17.6 Å². The van der Waals surface area contributed by atoms with Crippen molar-refractivity contribution >= 4 is 44.4 Å². The Bertz CT molecular complexity index is 1310. The Morgan fingerprint density at radius 2 is 1.86 bits per heavy atom. The zero-order valence-corrected chi connectivity index (χ0v) is 20.8. The van der Waals surface area contributed by atoms with Crippen LogP contribution in [0.2, 0.25) is 0 Å². The number of carbonyl (C=O) groups excluding carboxylic acids is 1. The van der Waals surface area contributed by atoms with Crippen molar-refractivity contribution in [2.75, 3.05) is 50.7 Å². The Morgan fingerprint density at radius 3 is 2.66 bits per heavy atom. The summed E-state index contributed by atoms with van der Waals surface area (Å²) in [6.45, 7) is 4.32. The Hall–Kier alpha value is -2.67. The van der Waals surface area contributed by atoms with Gasteiger partial charge >= 0.3 is 0 Å². The Morgan fingerprint density at radius 1 is 1.06 bits per heavy atom. The lowest BCUT2D eigenvalue weighted by molar-refractivity contribution is -0.124. The minimum absolute atomic E-state index is 0.0937. The molecule has 9 nitrogen and oxygen atoms in total. The lowest BCUT2D eigenvalue weighted by Crippen LogP contribution is -2.50. The second kappa shape index (κ2) is 10.1. The van der Waals surface area contributed by atoms with E-state index in [1.165, 1.54) is 16.4 Å². The van der Waals surface area contributed by atoms with Crippen LogP contribution in [0.5, 0.6) is 0 Å². The molecule has 3 aromatic rings. The quantitative estimate of drug-likeness (QED) is 0.510. The van der Waals surface area contributed by atoms with Gasteiger partial charge in [0.2, 0.25) is 15.9 Å². The highest BCUT2D eigenvalue weighted by Crippen LogP contribution is 2.30. The average Bonchev–Trinajstić information content (AvgIpc) is 3.55. The van der Waals surface area contributed by atoms with E-state index in [4.69, 9.17) is 0 Å². The number of piperazine rings is 1. The Kier molecular flexibility index (Phi) is 6.96. The van der Waals surface area contributed by atoms with Gasteiger partial charge in [-0.15, -0.1) is 0 Å². The normalized spacial score (nSPS) is 19.9. The smallest absolute Gasteiger partial charge is 0.246 e. The molecule has 1 atom stereocenters. The molecular weight excluding hydrogens is 491 g/mol. The van der Waals surface area contributed by atoms with Crippen LogP contribution in [0.15, 0.2) is 47.4 Å². The molecule has 1 aromatic heterocycles. The number of fused-ring (bicyclic) bond motifs is 1. The van der Waals surface area contributed by atoms with Crippen molar-refractivity contribution in [2.24, 2.45) is 0 Å². The number of anilines is 1. The fraction of sp³-hybridized carbons (Fsp3) is 0.435. The van der Waals surface area contributed by atoms with E-state index in [0.717, 1.165) is 24.8 Å². The van der Waals surface area contributed by atoms with Gasteiger partial charge in [-0.1, -0.05) is 18.2 Å². The van der Waals surface area contributed by atoms with Gasteiger partial charge in [0.05, 0.1) is 17.4 Å². The number of aromatic nitrogens is 2. The number of sulfonamides is 1. The van der Waals surface area contributed by atoms with Crippen LogP contribution >= 0.6 is 11.7 Å². The molecule has 3 heterocycles. The predicted molar refractivity (Wildman–Crippen MR) is 132 cm³/mol. The van der Waals surface area contributed by atoms with Crippen LogP contribution in [-0.2, 0) is 14.8 Å². The SMILES string of the molecule is O=C(NCCN1CCN(c2ccccc2F)CC1)[C@H]1CCCN1S(=O)(=O)c1cccc2nsnc12. The molecule has 0 aliphatic carbocycles. The minimum atomic E-state index is -3.88. The van der Waals surface area contributed by atoms with E-state index in [2.05, 4.69) is 19.0 Å². The van der Waals surface area contributed by atoms with Gasteiger partial charge in [-0.3, -0.25) is 9.69 Å². The van der Waals surface area contributed by atoms with E-state index < -0.39 is 16.1 Å². The van der Waals surface area contributed by atoms with Gasteiger partial charge in [0.25, 0.3) is 0 Å². The number of carbonyl (C=O) groups is 1. The maximum atomic E-state index is 14.0. The zero-order chi connectivity index (χ0) is 24.4. The lowest BCUT2D eigenvalue weighted by Gasteiger charge is -2.36. The minimum Gasteiger partial charge on any atom is -0.367 e. The standard InChI is InChI=1S/C23H27FN6O3S2/c24-17-5-1-2-7-19(17)29-15-13-28(14-16-29)12-10-25-23(31)20-8-4-11-30(20)35(32,33)21-9-3-6-18-22(21)27-34-26-18/h1-3,5-7,9,20H,4,8,10-16H2,(H,25,31)/t20-/m1/s1. The van der Waals surface area contributed by atoms with Crippen LogP contribution in [0.4, 0.5) is 10.1 Å². The summed E-state index contributed by atoms with van der Waals surface area (Å²) >= 11 is 0.968. The van der Waals surface area contributed by atoms with E-state index in [1.807, 2.05) is 11.0 Å². The van der Waals surface area contributed by atoms with E-state index >= 15 is 0 Å². The largest absolute Gasteiger partial charge is 0.367 e. The van der Waals surface area contributed by atoms with Crippen molar-refractivity contribution in [3.63, 3.8) is 0 Å². The van der Waals surface area contributed by atoms with Gasteiger partial charge in [-0.05, 0) is 37.1 Å². The summed E-state index contributed by atoms with van der Waals surface area (Å²) < 4.78 is 50.4. The van der Waals surface area contributed by atoms with Crippen LogP contribution in [0.1, 0.15) is 12.8 Å². The van der Waals surface area contributed by atoms with Crippen LogP contribution in [0.3, 0.4) is 0 Å². The summed E-state index contributed by atoms with van der Waals surface area (Å²) in [6, 6.07) is 10.9. The average molecular weight is 519 g/mol. The fourth-order valence-electron chi connectivity index (χ4n) is 4.78. The molecule has 186 valence electrons. The molecule has 0 radical (unpaired) electrons. The first-order valence-corrected chi connectivity index (χ1v) is 13.8. The van der Waals surface area contributed by atoms with Crippen LogP contribution in [-0.4, -0.2) is 84.1 Å². The summed E-state index contributed by atoms with van der Waals surface area (Å²) in [6.07, 6.45) is 1.11. The van der Waals surface area contributed by atoms with Gasteiger partial charge < -0.3 is 10.2 Å². The molecule has 2 aliphatic rings. The molecule has 1 amide bonds. The summed E-state index contributed by atoms with van der Waals surface area (Å²) in [7, 11) is -3.88. The van der Waals surface area contributed by atoms with E-state index in [0.29, 0.717) is 62.3 Å². The summed E-state index contributed by atoms with van der Waals surface area (Å²) in [5.74, 6) is -0.494. The van der Waals surface area contributed by atoms with E-state index in [9.17, 15) is 17.6 Å². The fourth-order valence-corrected chi connectivity index (χ4v) is 7.19. The second-order valence-electron chi connectivity index (χ2n) is 8.73. The number of hydrogen-bond acceptors (Lipinski definition) is 8. The third-order valence-electron chi connectivity index (χ3n) is 6.63. The van der Waals surface area contributed by atoms with Crippen LogP contribution in [0, 0.1) is 5.82 Å². The first-order chi connectivity index (χ1) is 16.9. The maximum Gasteiger partial charge on any atom is 0.246 e. The molecule has 12 heteroatoms. The monoisotopic (exact) mass is 518 g/mol. The third-order valence-corrected chi connectivity index (χ3v) is 9.12. The number of amides is 1. The summed E-state index contributed by atoms with van der Waals surface area (Å²) in [5.41, 5.74) is 1.50. The van der Waals surface area contributed by atoms with Crippen molar-refractivity contribution in [3.05, 3.63) is 48.3 Å². The molecule has 1 N–H and O–H groups in total. The molecule has 35 heavy (non-hydrogen) atoms. The first-order valence-electron chi connectivity index (χ1n) is 11.7. The van der Waals surface area contributed by atoms with E-state index in [1.54, 1.807) is 24.3 Å². The molecule has 0 bridgehead atoms. The van der Waals surface area contributed by atoms with Gasteiger partial charge in [0.15, 0.2) is 0 Å². The number of hydrogen-bond donors (Lipinski definition) is 1. The number of para-hydroxylation sites is 1.